The number of nitro groups is 1. The zero-order valence-corrected chi connectivity index (χ0v) is 11.4. The van der Waals surface area contributed by atoms with Crippen molar-refractivity contribution in [2.75, 3.05) is 0 Å². The molecule has 4 nitrogen and oxygen atoms in total. The summed E-state index contributed by atoms with van der Waals surface area (Å²) in [6, 6.07) is 5.15. The Kier molecular flexibility index (Phi) is 4.32. The first-order chi connectivity index (χ1) is 9.13. The van der Waals surface area contributed by atoms with Gasteiger partial charge < -0.3 is 0 Å². The molecule has 2 rings (SSSR count). The van der Waals surface area contributed by atoms with Gasteiger partial charge in [0.15, 0.2) is 0 Å². The van der Waals surface area contributed by atoms with Crippen LogP contribution in [0.1, 0.15) is 25.3 Å². The van der Waals surface area contributed by atoms with Gasteiger partial charge in [0.2, 0.25) is 0 Å². The van der Waals surface area contributed by atoms with Crippen molar-refractivity contribution in [1.82, 2.24) is 4.98 Å². The van der Waals surface area contributed by atoms with E-state index in [0.717, 1.165) is 23.8 Å². The Morgan fingerprint density at radius 2 is 2.16 bits per heavy atom. The van der Waals surface area contributed by atoms with E-state index in [1.165, 1.54) is 6.07 Å². The van der Waals surface area contributed by atoms with Crippen LogP contribution >= 0.6 is 11.6 Å². The van der Waals surface area contributed by atoms with Crippen LogP contribution in [-0.2, 0) is 6.42 Å². The molecule has 1 atom stereocenters. The van der Waals surface area contributed by atoms with Gasteiger partial charge in [0, 0.05) is 23.8 Å². The predicted molar refractivity (Wildman–Crippen MR) is 76.7 cm³/mol. The Hall–Kier alpha value is -1.68. The molecule has 0 bridgehead atoms. The predicted octanol–water partition coefficient (Wildman–Crippen LogP) is 4.09. The lowest BCUT2D eigenvalue weighted by molar-refractivity contribution is -0.383. The number of fused-ring (bicyclic) bond motifs is 1. The van der Waals surface area contributed by atoms with Crippen LogP contribution in [0.25, 0.3) is 10.8 Å². The minimum atomic E-state index is -0.377. The summed E-state index contributed by atoms with van der Waals surface area (Å²) < 4.78 is 0. The molecule has 1 aromatic carbocycles. The molecular weight excluding hydrogens is 264 g/mol. The molecule has 0 aliphatic heterocycles. The van der Waals surface area contributed by atoms with Gasteiger partial charge in [-0.3, -0.25) is 15.1 Å². The molecule has 5 heteroatoms. The maximum atomic E-state index is 11.0. The van der Waals surface area contributed by atoms with Crippen molar-refractivity contribution in [1.29, 1.82) is 0 Å². The highest BCUT2D eigenvalue weighted by Gasteiger charge is 2.15. The zero-order valence-electron chi connectivity index (χ0n) is 10.7. The molecule has 1 unspecified atom stereocenters. The van der Waals surface area contributed by atoms with Gasteiger partial charge in [0.1, 0.15) is 0 Å². The highest BCUT2D eigenvalue weighted by Crippen LogP contribution is 2.29. The standard InChI is InChI=1S/C14H15ClN2O2/c1-2-3-11(15)8-10-4-5-14(17(18)19)13-9-16-7-6-12(10)13/h4-7,9,11H,2-3,8H2,1H3. The van der Waals surface area contributed by atoms with E-state index in [1.807, 2.05) is 6.07 Å². The summed E-state index contributed by atoms with van der Waals surface area (Å²) in [4.78, 5) is 14.6. The monoisotopic (exact) mass is 278 g/mol. The average molecular weight is 279 g/mol. The summed E-state index contributed by atoms with van der Waals surface area (Å²) in [7, 11) is 0. The number of aromatic nitrogens is 1. The molecule has 0 amide bonds. The van der Waals surface area contributed by atoms with Gasteiger partial charge in [0.05, 0.1) is 10.3 Å². The van der Waals surface area contributed by atoms with Crippen LogP contribution in [0.4, 0.5) is 5.69 Å². The van der Waals surface area contributed by atoms with E-state index < -0.39 is 0 Å². The first-order valence-electron chi connectivity index (χ1n) is 6.27. The number of nitrogens with zero attached hydrogens (tertiary/aromatic N) is 2. The number of hydrogen-bond donors (Lipinski definition) is 0. The van der Waals surface area contributed by atoms with Crippen molar-refractivity contribution < 1.29 is 4.92 Å². The van der Waals surface area contributed by atoms with Crippen molar-refractivity contribution in [2.24, 2.45) is 0 Å². The highest BCUT2D eigenvalue weighted by molar-refractivity contribution is 6.20. The number of hydrogen-bond acceptors (Lipinski definition) is 3. The molecule has 19 heavy (non-hydrogen) atoms. The summed E-state index contributed by atoms with van der Waals surface area (Å²) in [5.41, 5.74) is 1.13. The van der Waals surface area contributed by atoms with E-state index in [4.69, 9.17) is 11.6 Å². The Labute approximate surface area is 116 Å². The van der Waals surface area contributed by atoms with Crippen LogP contribution in [0.15, 0.2) is 30.6 Å². The second kappa shape index (κ2) is 5.97. The number of pyridine rings is 1. The van der Waals surface area contributed by atoms with E-state index in [0.29, 0.717) is 11.8 Å². The largest absolute Gasteiger partial charge is 0.278 e. The normalized spacial score (nSPS) is 12.5. The maximum absolute atomic E-state index is 11.0. The summed E-state index contributed by atoms with van der Waals surface area (Å²) in [6.45, 7) is 2.09. The zero-order chi connectivity index (χ0) is 13.8. The third kappa shape index (κ3) is 3.01. The second-order valence-corrected chi connectivity index (χ2v) is 5.13. The molecule has 1 aromatic heterocycles. The Bertz CT molecular complexity index is 601. The van der Waals surface area contributed by atoms with Crippen LogP contribution in [0.3, 0.4) is 0 Å². The molecule has 2 aromatic rings. The highest BCUT2D eigenvalue weighted by atomic mass is 35.5. The van der Waals surface area contributed by atoms with Gasteiger partial charge in [-0.25, -0.2) is 0 Å². The van der Waals surface area contributed by atoms with Crippen molar-refractivity contribution in [3.8, 4) is 0 Å². The molecule has 0 saturated heterocycles. The van der Waals surface area contributed by atoms with Gasteiger partial charge in [-0.1, -0.05) is 19.4 Å². The van der Waals surface area contributed by atoms with Crippen LogP contribution in [-0.4, -0.2) is 15.3 Å². The minimum absolute atomic E-state index is 0.0582. The topological polar surface area (TPSA) is 56.0 Å². The third-order valence-electron chi connectivity index (χ3n) is 3.13. The van der Waals surface area contributed by atoms with Gasteiger partial charge >= 0.3 is 0 Å². The number of nitro benzene ring substituents is 1. The summed E-state index contributed by atoms with van der Waals surface area (Å²) in [5, 5.41) is 12.5. The van der Waals surface area contributed by atoms with Crippen molar-refractivity contribution in [3.05, 3.63) is 46.3 Å². The molecular formula is C14H15ClN2O2. The van der Waals surface area contributed by atoms with Crippen molar-refractivity contribution >= 4 is 28.1 Å². The Morgan fingerprint density at radius 1 is 1.37 bits per heavy atom. The van der Waals surface area contributed by atoms with Crippen LogP contribution < -0.4 is 0 Å². The van der Waals surface area contributed by atoms with E-state index in [2.05, 4.69) is 11.9 Å². The molecule has 0 N–H and O–H groups in total. The Balaban J connectivity index is 2.46. The first kappa shape index (κ1) is 13.7. The lowest BCUT2D eigenvalue weighted by Gasteiger charge is -2.10. The van der Waals surface area contributed by atoms with E-state index in [1.54, 1.807) is 18.5 Å². The summed E-state index contributed by atoms with van der Waals surface area (Å²) in [5.74, 6) is 0. The molecule has 0 spiro atoms. The maximum Gasteiger partial charge on any atom is 0.278 e. The molecule has 0 radical (unpaired) electrons. The van der Waals surface area contributed by atoms with Gasteiger partial charge in [-0.05, 0) is 29.9 Å². The van der Waals surface area contributed by atoms with E-state index in [9.17, 15) is 10.1 Å². The van der Waals surface area contributed by atoms with Crippen molar-refractivity contribution in [3.63, 3.8) is 0 Å². The van der Waals surface area contributed by atoms with Crippen LogP contribution in [0.5, 0.6) is 0 Å². The molecule has 0 fully saturated rings. The lowest BCUT2D eigenvalue weighted by atomic mass is 10.00. The molecule has 0 saturated carbocycles. The average Bonchev–Trinajstić information content (AvgIpc) is 2.39. The number of benzene rings is 1. The summed E-state index contributed by atoms with van der Waals surface area (Å²) >= 11 is 6.27. The minimum Gasteiger partial charge on any atom is -0.264 e. The van der Waals surface area contributed by atoms with E-state index >= 15 is 0 Å². The van der Waals surface area contributed by atoms with Crippen LogP contribution in [0.2, 0.25) is 0 Å². The number of non-ortho nitro benzene ring substituents is 1. The quantitative estimate of drug-likeness (QED) is 0.470. The van der Waals surface area contributed by atoms with Gasteiger partial charge in [-0.2, -0.15) is 0 Å². The fraction of sp³-hybridized carbons (Fsp3) is 0.357. The number of halogens is 1. The fourth-order valence-electron chi connectivity index (χ4n) is 2.23. The SMILES string of the molecule is CCCC(Cl)Cc1ccc([N+](=O)[O-])c2cnccc12. The molecule has 100 valence electrons. The summed E-state index contributed by atoms with van der Waals surface area (Å²) in [6.07, 6.45) is 5.87. The van der Waals surface area contributed by atoms with E-state index in [-0.39, 0.29) is 16.0 Å². The molecule has 1 heterocycles. The van der Waals surface area contributed by atoms with Gasteiger partial charge in [0.25, 0.3) is 5.69 Å². The Morgan fingerprint density at radius 3 is 2.84 bits per heavy atom. The number of rotatable bonds is 5. The molecule has 0 aliphatic carbocycles. The second-order valence-electron chi connectivity index (χ2n) is 4.51. The molecule has 0 aliphatic rings. The number of alkyl halides is 1. The smallest absolute Gasteiger partial charge is 0.264 e. The van der Waals surface area contributed by atoms with Crippen molar-refractivity contribution in [2.45, 2.75) is 31.6 Å². The first-order valence-corrected chi connectivity index (χ1v) is 6.71. The van der Waals surface area contributed by atoms with Gasteiger partial charge in [-0.15, -0.1) is 11.6 Å². The van der Waals surface area contributed by atoms with Crippen LogP contribution in [0, 0.1) is 10.1 Å². The lowest BCUT2D eigenvalue weighted by Crippen LogP contribution is -2.04. The third-order valence-corrected chi connectivity index (χ3v) is 3.50. The fourth-order valence-corrected chi connectivity index (χ4v) is 2.61.